The van der Waals surface area contributed by atoms with Crippen LogP contribution in [-0.2, 0) is 30.6 Å². The molecular formula is C26H42N2O8S. The van der Waals surface area contributed by atoms with Crippen LogP contribution in [0.1, 0.15) is 64.4 Å². The van der Waals surface area contributed by atoms with Crippen molar-refractivity contribution in [2.45, 2.75) is 71.5 Å². The number of sulfone groups is 1. The quantitative estimate of drug-likeness (QED) is 0.0942. The molecule has 0 aliphatic carbocycles. The van der Waals surface area contributed by atoms with Gasteiger partial charge in [-0.15, -0.1) is 10.1 Å². The van der Waals surface area contributed by atoms with Gasteiger partial charge >= 0.3 is 5.97 Å². The highest BCUT2D eigenvalue weighted by Gasteiger charge is 2.29. The van der Waals surface area contributed by atoms with Crippen LogP contribution >= 0.6 is 0 Å². The molecule has 210 valence electrons. The van der Waals surface area contributed by atoms with Gasteiger partial charge in [-0.05, 0) is 89.2 Å². The molecule has 0 aromatic heterocycles. The lowest BCUT2D eigenvalue weighted by molar-refractivity contribution is -0.777. The summed E-state index contributed by atoms with van der Waals surface area (Å²) in [6.07, 6.45) is 5.80. The molecule has 10 nitrogen and oxygen atoms in total. The summed E-state index contributed by atoms with van der Waals surface area (Å²) >= 11 is 0. The Bertz CT molecular complexity index is 930. The van der Waals surface area contributed by atoms with Crippen molar-refractivity contribution in [3.63, 3.8) is 0 Å². The van der Waals surface area contributed by atoms with Gasteiger partial charge in [-0.1, -0.05) is 31.9 Å². The van der Waals surface area contributed by atoms with E-state index in [0.29, 0.717) is 25.2 Å². The first kappa shape index (κ1) is 30.8. The lowest BCUT2D eigenvalue weighted by Gasteiger charge is -2.28. The molecule has 0 saturated carbocycles. The third-order valence-corrected chi connectivity index (χ3v) is 8.45. The number of nitrogens with zero attached hydrogens (tertiary/aromatic N) is 2. The van der Waals surface area contributed by atoms with Crippen molar-refractivity contribution in [3.8, 4) is 5.75 Å². The zero-order chi connectivity index (χ0) is 27.3. The van der Waals surface area contributed by atoms with Gasteiger partial charge in [0.05, 0.1) is 24.0 Å². The summed E-state index contributed by atoms with van der Waals surface area (Å²) in [5.41, 5.74) is 0.741. The molecule has 0 N–H and O–H groups in total. The van der Waals surface area contributed by atoms with Crippen molar-refractivity contribution in [3.05, 3.63) is 39.9 Å². The molecule has 2 rings (SSSR count). The van der Waals surface area contributed by atoms with Crippen LogP contribution < -0.4 is 4.74 Å². The number of carbonyl (C=O) groups excluding carboxylic acids is 1. The van der Waals surface area contributed by atoms with Crippen molar-refractivity contribution in [2.75, 3.05) is 38.2 Å². The van der Waals surface area contributed by atoms with Gasteiger partial charge in [0, 0.05) is 0 Å². The largest absolute Gasteiger partial charge is 0.494 e. The average molecular weight is 543 g/mol. The van der Waals surface area contributed by atoms with Gasteiger partial charge in [0.25, 0.3) is 5.09 Å². The van der Waals surface area contributed by atoms with E-state index >= 15 is 0 Å². The third-order valence-electron chi connectivity index (χ3n) is 6.63. The fourth-order valence-electron chi connectivity index (χ4n) is 4.45. The highest BCUT2D eigenvalue weighted by Crippen LogP contribution is 2.22. The Labute approximate surface area is 220 Å². The van der Waals surface area contributed by atoms with Crippen LogP contribution in [0.2, 0.25) is 0 Å². The normalized spacial score (nSPS) is 16.6. The Balaban J connectivity index is 1.87. The van der Waals surface area contributed by atoms with E-state index in [-0.39, 0.29) is 12.2 Å². The molecule has 0 radical (unpaired) electrons. The Hall–Kier alpha value is -2.40. The molecule has 1 heterocycles. The number of esters is 1. The van der Waals surface area contributed by atoms with E-state index in [1.54, 1.807) is 24.3 Å². The van der Waals surface area contributed by atoms with Crippen molar-refractivity contribution in [2.24, 2.45) is 11.8 Å². The van der Waals surface area contributed by atoms with Crippen molar-refractivity contribution in [1.29, 1.82) is 0 Å². The number of likely N-dealkylation sites (tertiary alicyclic amines) is 1. The average Bonchev–Trinajstić information content (AvgIpc) is 2.83. The topological polar surface area (TPSA) is 125 Å². The van der Waals surface area contributed by atoms with Gasteiger partial charge < -0.3 is 14.4 Å². The van der Waals surface area contributed by atoms with Gasteiger partial charge in [-0.2, -0.15) is 0 Å². The molecule has 1 saturated heterocycles. The van der Waals surface area contributed by atoms with E-state index in [1.165, 1.54) is 39.3 Å². The van der Waals surface area contributed by atoms with Gasteiger partial charge in [-0.3, -0.25) is 9.63 Å². The standard InChI is InChI=1S/C26H42N2O8S/c1-4-5-18-37(32,33)20-24(26(29)35-21(2)36-28(30)31)19-23-9-11-25(12-10-23)34-17-7-6-8-22-13-15-27(3)16-14-22/h9-12,21-22,24H,4-8,13-20H2,1-3H3/t21?,24-/m1/s1. The minimum atomic E-state index is -3.51. The van der Waals surface area contributed by atoms with Crippen LogP contribution in [0.3, 0.4) is 0 Å². The lowest BCUT2D eigenvalue weighted by Crippen LogP contribution is -2.32. The van der Waals surface area contributed by atoms with Crippen LogP contribution in [-0.4, -0.2) is 68.9 Å². The predicted octanol–water partition coefficient (Wildman–Crippen LogP) is 4.05. The number of hydrogen-bond donors (Lipinski definition) is 0. The van der Waals surface area contributed by atoms with E-state index in [0.717, 1.165) is 24.3 Å². The molecule has 0 bridgehead atoms. The first-order valence-electron chi connectivity index (χ1n) is 13.2. The maximum absolute atomic E-state index is 12.7. The molecule has 1 unspecified atom stereocenters. The van der Waals surface area contributed by atoms with E-state index in [1.807, 2.05) is 6.92 Å². The van der Waals surface area contributed by atoms with E-state index in [9.17, 15) is 23.3 Å². The fraction of sp³-hybridized carbons (Fsp3) is 0.731. The Morgan fingerprint density at radius 1 is 1.16 bits per heavy atom. The zero-order valence-corrected chi connectivity index (χ0v) is 23.1. The van der Waals surface area contributed by atoms with Crippen LogP contribution in [0.25, 0.3) is 0 Å². The van der Waals surface area contributed by atoms with Crippen LogP contribution in [0, 0.1) is 22.0 Å². The third kappa shape index (κ3) is 12.6. The van der Waals surface area contributed by atoms with E-state index in [2.05, 4.69) is 16.8 Å². The molecule has 1 aliphatic rings. The highest BCUT2D eigenvalue weighted by molar-refractivity contribution is 7.91. The second-order valence-corrected chi connectivity index (χ2v) is 12.2. The Morgan fingerprint density at radius 3 is 2.46 bits per heavy atom. The number of ether oxygens (including phenoxy) is 2. The molecule has 1 aromatic rings. The minimum absolute atomic E-state index is 0.0290. The smallest absolute Gasteiger partial charge is 0.312 e. The van der Waals surface area contributed by atoms with E-state index in [4.69, 9.17) is 9.47 Å². The van der Waals surface area contributed by atoms with Crippen molar-refractivity contribution in [1.82, 2.24) is 4.90 Å². The summed E-state index contributed by atoms with van der Waals surface area (Å²) < 4.78 is 35.9. The summed E-state index contributed by atoms with van der Waals surface area (Å²) in [7, 11) is -1.33. The molecule has 1 aliphatic heterocycles. The van der Waals surface area contributed by atoms with Gasteiger partial charge in [0.15, 0.2) is 9.84 Å². The maximum atomic E-state index is 12.7. The van der Waals surface area contributed by atoms with Crippen LogP contribution in [0.5, 0.6) is 5.75 Å². The molecule has 0 amide bonds. The first-order chi connectivity index (χ1) is 17.6. The number of unbranched alkanes of at least 4 members (excludes halogenated alkanes) is 2. The van der Waals surface area contributed by atoms with Crippen molar-refractivity contribution >= 4 is 15.8 Å². The Morgan fingerprint density at radius 2 is 1.84 bits per heavy atom. The zero-order valence-electron chi connectivity index (χ0n) is 22.3. The SMILES string of the molecule is CCCCS(=O)(=O)C[C@@H](Cc1ccc(OCCCCC2CCN(C)CC2)cc1)C(=O)OC(C)O[N+](=O)[O-]. The maximum Gasteiger partial charge on any atom is 0.312 e. The van der Waals surface area contributed by atoms with Crippen LogP contribution in [0.15, 0.2) is 24.3 Å². The molecular weight excluding hydrogens is 500 g/mol. The Kier molecular flexibility index (Phi) is 13.1. The van der Waals surface area contributed by atoms with Gasteiger partial charge in [0.2, 0.25) is 6.29 Å². The summed E-state index contributed by atoms with van der Waals surface area (Å²) in [6.45, 7) is 6.09. The monoisotopic (exact) mass is 542 g/mol. The number of piperidine rings is 1. The molecule has 2 atom stereocenters. The molecule has 37 heavy (non-hydrogen) atoms. The van der Waals surface area contributed by atoms with E-state index < -0.39 is 38.9 Å². The number of benzene rings is 1. The highest BCUT2D eigenvalue weighted by atomic mass is 32.2. The summed E-state index contributed by atoms with van der Waals surface area (Å²) in [5, 5.41) is 9.45. The number of hydrogen-bond acceptors (Lipinski definition) is 9. The second-order valence-electron chi connectivity index (χ2n) is 9.94. The molecule has 0 spiro atoms. The van der Waals surface area contributed by atoms with Crippen LogP contribution in [0.4, 0.5) is 0 Å². The second kappa shape index (κ2) is 15.8. The lowest BCUT2D eigenvalue weighted by atomic mass is 9.92. The summed E-state index contributed by atoms with van der Waals surface area (Å²) in [4.78, 5) is 29.8. The molecule has 1 fully saturated rings. The summed E-state index contributed by atoms with van der Waals surface area (Å²) in [5.74, 6) is -0.753. The summed E-state index contributed by atoms with van der Waals surface area (Å²) in [6, 6.07) is 7.20. The predicted molar refractivity (Wildman–Crippen MR) is 140 cm³/mol. The van der Waals surface area contributed by atoms with Gasteiger partial charge in [0.1, 0.15) is 5.75 Å². The first-order valence-corrected chi connectivity index (χ1v) is 15.0. The number of rotatable bonds is 17. The minimum Gasteiger partial charge on any atom is -0.494 e. The van der Waals surface area contributed by atoms with Crippen molar-refractivity contribution < 1.29 is 32.6 Å². The fourth-order valence-corrected chi connectivity index (χ4v) is 6.21. The molecule has 11 heteroatoms. The number of carbonyl (C=O) groups is 1. The molecule has 1 aromatic carbocycles. The van der Waals surface area contributed by atoms with Gasteiger partial charge in [-0.25, -0.2) is 8.42 Å².